The fourth-order valence-corrected chi connectivity index (χ4v) is 3.70. The normalized spacial score (nSPS) is 11.3. The molecule has 1 aromatic heterocycles. The second-order valence-corrected chi connectivity index (χ2v) is 8.29. The van der Waals surface area contributed by atoms with Crippen LogP contribution in [0, 0.1) is 24.1 Å². The van der Waals surface area contributed by atoms with Gasteiger partial charge in [0.25, 0.3) is 0 Å². The fraction of sp³-hybridized carbons (Fsp3) is 0.167. The topological polar surface area (TPSA) is 134 Å². The molecule has 0 aliphatic carbocycles. The first kappa shape index (κ1) is 21.0. The van der Waals surface area contributed by atoms with E-state index < -0.39 is 28.3 Å². The number of nitrogens with zero attached hydrogens (tertiary/aromatic N) is 6. The van der Waals surface area contributed by atoms with E-state index in [1.165, 1.54) is 48.1 Å². The number of benzene rings is 2. The Morgan fingerprint density at radius 2 is 1.97 bits per heavy atom. The van der Waals surface area contributed by atoms with Crippen LogP contribution in [0.4, 0.5) is 10.1 Å². The summed E-state index contributed by atoms with van der Waals surface area (Å²) in [6.45, 7) is 1.11. The maximum Gasteiger partial charge on any atom is 0.243 e. The van der Waals surface area contributed by atoms with Crippen LogP contribution in [0.15, 0.2) is 47.4 Å². The van der Waals surface area contributed by atoms with Gasteiger partial charge in [0.05, 0.1) is 34.4 Å². The number of amides is 1. The highest BCUT2D eigenvalue weighted by Gasteiger charge is 2.23. The van der Waals surface area contributed by atoms with Crippen molar-refractivity contribution in [3.63, 3.8) is 0 Å². The standard InChI is InChI=1S/C18H16FN7O3S/c1-12-22-23-24-26(12)14-5-8-16(19)17(9-14)21-18(27)11-25(2)30(28,29)15-6-3-13(10-20)4-7-15/h3-9H,11H2,1-2H3,(H,21,27). The molecular weight excluding hydrogens is 413 g/mol. The first-order valence-electron chi connectivity index (χ1n) is 8.53. The number of tetrazole rings is 1. The lowest BCUT2D eigenvalue weighted by Gasteiger charge is -2.17. The third kappa shape index (κ3) is 4.32. The Kier molecular flexibility index (Phi) is 5.86. The second kappa shape index (κ2) is 8.36. The Balaban J connectivity index is 1.75. The summed E-state index contributed by atoms with van der Waals surface area (Å²) in [5.74, 6) is -0.971. The van der Waals surface area contributed by atoms with Gasteiger partial charge in [-0.05, 0) is 59.8 Å². The maximum atomic E-state index is 14.1. The van der Waals surface area contributed by atoms with Gasteiger partial charge in [-0.1, -0.05) is 0 Å². The smallest absolute Gasteiger partial charge is 0.243 e. The molecule has 30 heavy (non-hydrogen) atoms. The molecule has 10 nitrogen and oxygen atoms in total. The molecule has 0 fully saturated rings. The summed E-state index contributed by atoms with van der Waals surface area (Å²) in [6, 6.07) is 11.1. The molecular formula is C18H16FN7O3S. The Hall–Kier alpha value is -3.69. The number of rotatable bonds is 6. The number of likely N-dealkylation sites (N-methyl/N-ethyl adjacent to an activating group) is 1. The van der Waals surface area contributed by atoms with Gasteiger partial charge in [-0.25, -0.2) is 12.8 Å². The van der Waals surface area contributed by atoms with Gasteiger partial charge >= 0.3 is 0 Å². The van der Waals surface area contributed by atoms with Crippen LogP contribution in [-0.2, 0) is 14.8 Å². The van der Waals surface area contributed by atoms with Crippen LogP contribution in [0.3, 0.4) is 0 Å². The molecule has 0 aliphatic rings. The zero-order valence-corrected chi connectivity index (χ0v) is 16.8. The number of carbonyl (C=O) groups is 1. The molecule has 0 unspecified atom stereocenters. The molecule has 1 N–H and O–H groups in total. The van der Waals surface area contributed by atoms with Crippen molar-refractivity contribution in [1.29, 1.82) is 5.26 Å². The molecule has 12 heteroatoms. The molecule has 0 saturated carbocycles. The van der Waals surface area contributed by atoms with Crippen LogP contribution in [0.25, 0.3) is 5.69 Å². The van der Waals surface area contributed by atoms with E-state index in [1.54, 1.807) is 6.92 Å². The van der Waals surface area contributed by atoms with E-state index >= 15 is 0 Å². The highest BCUT2D eigenvalue weighted by molar-refractivity contribution is 7.89. The lowest BCUT2D eigenvalue weighted by Crippen LogP contribution is -2.35. The minimum atomic E-state index is -3.97. The highest BCUT2D eigenvalue weighted by Crippen LogP contribution is 2.20. The first-order chi connectivity index (χ1) is 14.2. The van der Waals surface area contributed by atoms with Crippen LogP contribution in [0.1, 0.15) is 11.4 Å². The van der Waals surface area contributed by atoms with Gasteiger partial charge in [0.2, 0.25) is 15.9 Å². The quantitative estimate of drug-likeness (QED) is 0.623. The average molecular weight is 429 g/mol. The van der Waals surface area contributed by atoms with Gasteiger partial charge in [-0.15, -0.1) is 5.10 Å². The van der Waals surface area contributed by atoms with E-state index in [9.17, 15) is 17.6 Å². The Morgan fingerprint density at radius 1 is 1.27 bits per heavy atom. The summed E-state index contributed by atoms with van der Waals surface area (Å²) in [6.07, 6.45) is 0. The summed E-state index contributed by atoms with van der Waals surface area (Å²) >= 11 is 0. The molecule has 154 valence electrons. The largest absolute Gasteiger partial charge is 0.322 e. The van der Waals surface area contributed by atoms with Crippen molar-refractivity contribution in [2.75, 3.05) is 18.9 Å². The zero-order chi connectivity index (χ0) is 21.9. The van der Waals surface area contributed by atoms with E-state index in [2.05, 4.69) is 20.8 Å². The number of sulfonamides is 1. The van der Waals surface area contributed by atoms with Crippen molar-refractivity contribution in [3.8, 4) is 11.8 Å². The molecule has 1 heterocycles. The number of hydrogen-bond acceptors (Lipinski definition) is 7. The van der Waals surface area contributed by atoms with Gasteiger partial charge in [0, 0.05) is 7.05 Å². The SMILES string of the molecule is Cc1nnnn1-c1ccc(F)c(NC(=O)CN(C)S(=O)(=O)c2ccc(C#N)cc2)c1. The van der Waals surface area contributed by atoms with Crippen LogP contribution >= 0.6 is 0 Å². The van der Waals surface area contributed by atoms with Crippen molar-refractivity contribution in [3.05, 3.63) is 59.7 Å². The van der Waals surface area contributed by atoms with E-state index in [-0.39, 0.29) is 10.6 Å². The van der Waals surface area contributed by atoms with Crippen molar-refractivity contribution >= 4 is 21.6 Å². The number of hydrogen-bond donors (Lipinski definition) is 1. The number of aromatic nitrogens is 4. The van der Waals surface area contributed by atoms with Crippen molar-refractivity contribution < 1.29 is 17.6 Å². The van der Waals surface area contributed by atoms with Gasteiger partial charge in [0.15, 0.2) is 5.82 Å². The molecule has 0 spiro atoms. The third-order valence-corrected chi connectivity index (χ3v) is 5.97. The van der Waals surface area contributed by atoms with Crippen molar-refractivity contribution in [2.45, 2.75) is 11.8 Å². The van der Waals surface area contributed by atoms with Crippen LogP contribution in [-0.4, -0.2) is 52.4 Å². The van der Waals surface area contributed by atoms with Crippen LogP contribution in [0.2, 0.25) is 0 Å². The fourth-order valence-electron chi connectivity index (χ4n) is 2.57. The average Bonchev–Trinajstić information content (AvgIpc) is 3.15. The minimum absolute atomic E-state index is 0.0702. The molecule has 0 aliphatic heterocycles. The number of nitrogens with one attached hydrogen (secondary N) is 1. The summed E-state index contributed by atoms with van der Waals surface area (Å²) in [5.41, 5.74) is 0.590. The molecule has 0 radical (unpaired) electrons. The third-order valence-electron chi connectivity index (χ3n) is 4.15. The molecule has 2 aromatic carbocycles. The zero-order valence-electron chi connectivity index (χ0n) is 15.9. The first-order valence-corrected chi connectivity index (χ1v) is 9.97. The van der Waals surface area contributed by atoms with E-state index in [0.717, 1.165) is 10.4 Å². The van der Waals surface area contributed by atoms with Crippen molar-refractivity contribution in [2.24, 2.45) is 0 Å². The molecule has 1 amide bonds. The highest BCUT2D eigenvalue weighted by atomic mass is 32.2. The van der Waals surface area contributed by atoms with Gasteiger partial charge < -0.3 is 5.32 Å². The molecule has 3 rings (SSSR count). The molecule has 0 saturated heterocycles. The van der Waals surface area contributed by atoms with E-state index in [0.29, 0.717) is 17.1 Å². The monoisotopic (exact) mass is 429 g/mol. The minimum Gasteiger partial charge on any atom is -0.322 e. The second-order valence-electron chi connectivity index (χ2n) is 6.25. The van der Waals surface area contributed by atoms with Crippen LogP contribution in [0.5, 0.6) is 0 Å². The van der Waals surface area contributed by atoms with Crippen LogP contribution < -0.4 is 5.32 Å². The lowest BCUT2D eigenvalue weighted by atomic mass is 10.2. The Labute approximate surface area is 171 Å². The number of anilines is 1. The van der Waals surface area contributed by atoms with E-state index in [1.807, 2.05) is 6.07 Å². The predicted octanol–water partition coefficient (Wildman–Crippen LogP) is 1.24. The molecule has 0 bridgehead atoms. The number of nitriles is 1. The number of carbonyl (C=O) groups excluding carboxylic acids is 1. The Bertz CT molecular complexity index is 1230. The van der Waals surface area contributed by atoms with Gasteiger partial charge in [-0.2, -0.15) is 14.2 Å². The lowest BCUT2D eigenvalue weighted by molar-refractivity contribution is -0.116. The van der Waals surface area contributed by atoms with E-state index in [4.69, 9.17) is 5.26 Å². The van der Waals surface area contributed by atoms with Gasteiger partial charge in [-0.3, -0.25) is 4.79 Å². The van der Waals surface area contributed by atoms with Crippen molar-refractivity contribution in [1.82, 2.24) is 24.5 Å². The summed E-state index contributed by atoms with van der Waals surface area (Å²) in [7, 11) is -2.75. The maximum absolute atomic E-state index is 14.1. The molecule has 0 atom stereocenters. The van der Waals surface area contributed by atoms with Gasteiger partial charge in [0.1, 0.15) is 5.82 Å². The molecule has 3 aromatic rings. The predicted molar refractivity (Wildman–Crippen MR) is 103 cm³/mol. The summed E-state index contributed by atoms with van der Waals surface area (Å²) < 4.78 is 41.5. The number of aryl methyl sites for hydroxylation is 1. The Morgan fingerprint density at radius 3 is 2.57 bits per heavy atom. The summed E-state index contributed by atoms with van der Waals surface area (Å²) in [4.78, 5) is 12.3. The number of halogens is 1. The summed E-state index contributed by atoms with van der Waals surface area (Å²) in [5, 5.41) is 22.2.